The molecule has 0 unspecified atom stereocenters. The second kappa shape index (κ2) is 8.06. The largest absolute Gasteiger partial charge is 0.377 e. The van der Waals surface area contributed by atoms with Gasteiger partial charge in [-0.2, -0.15) is 0 Å². The maximum Gasteiger partial charge on any atom is 0.0596 e. The van der Waals surface area contributed by atoms with Gasteiger partial charge in [0.05, 0.1) is 12.7 Å². The van der Waals surface area contributed by atoms with Crippen LogP contribution >= 0.6 is 0 Å². The molecule has 0 fully saturated rings. The minimum atomic E-state index is 0.302. The van der Waals surface area contributed by atoms with Crippen LogP contribution in [0.15, 0.2) is 0 Å². The van der Waals surface area contributed by atoms with Crippen LogP contribution in [0.25, 0.3) is 0 Å². The van der Waals surface area contributed by atoms with Crippen molar-refractivity contribution in [2.75, 3.05) is 33.3 Å². The lowest BCUT2D eigenvalue weighted by molar-refractivity contribution is 0.0569. The monoisotopic (exact) mass is 244 g/mol. The molecule has 0 aromatic heterocycles. The highest BCUT2D eigenvalue weighted by atomic mass is 16.5. The van der Waals surface area contributed by atoms with Gasteiger partial charge in [0.15, 0.2) is 0 Å². The van der Waals surface area contributed by atoms with Crippen molar-refractivity contribution < 1.29 is 4.74 Å². The summed E-state index contributed by atoms with van der Waals surface area (Å²) in [6.07, 6.45) is 0.332. The Morgan fingerprint density at radius 3 is 2.24 bits per heavy atom. The Hall–Kier alpha value is -0.120. The van der Waals surface area contributed by atoms with Crippen molar-refractivity contribution in [2.45, 2.75) is 53.7 Å². The van der Waals surface area contributed by atoms with E-state index < -0.39 is 0 Å². The van der Waals surface area contributed by atoms with Crippen molar-refractivity contribution in [3.63, 3.8) is 0 Å². The van der Waals surface area contributed by atoms with Crippen molar-refractivity contribution in [1.29, 1.82) is 0 Å². The van der Waals surface area contributed by atoms with Crippen LogP contribution in [0.3, 0.4) is 0 Å². The molecule has 104 valence electrons. The Bertz CT molecular complexity index is 191. The highest BCUT2D eigenvalue weighted by molar-refractivity contribution is 4.76. The van der Waals surface area contributed by atoms with Crippen molar-refractivity contribution in [3.05, 3.63) is 0 Å². The van der Waals surface area contributed by atoms with E-state index in [4.69, 9.17) is 4.74 Å². The van der Waals surface area contributed by atoms with Gasteiger partial charge < -0.3 is 15.0 Å². The van der Waals surface area contributed by atoms with Crippen molar-refractivity contribution in [2.24, 2.45) is 5.41 Å². The predicted octanol–water partition coefficient (Wildman–Crippen LogP) is 2.37. The third-order valence-corrected chi connectivity index (χ3v) is 2.61. The second-order valence-corrected chi connectivity index (χ2v) is 6.36. The van der Waals surface area contributed by atoms with Gasteiger partial charge in [0.25, 0.3) is 0 Å². The maximum absolute atomic E-state index is 5.57. The molecule has 0 radical (unpaired) electrons. The number of nitrogens with one attached hydrogen (secondary N) is 1. The second-order valence-electron chi connectivity index (χ2n) is 6.36. The first-order valence-electron chi connectivity index (χ1n) is 6.76. The third kappa shape index (κ3) is 10.7. The molecule has 0 rings (SSSR count). The first-order valence-corrected chi connectivity index (χ1v) is 6.76. The Morgan fingerprint density at radius 2 is 1.76 bits per heavy atom. The summed E-state index contributed by atoms with van der Waals surface area (Å²) < 4.78 is 5.57. The highest BCUT2D eigenvalue weighted by Gasteiger charge is 2.20. The number of nitrogens with zero attached hydrogens (tertiary/aromatic N) is 1. The number of hydrogen-bond acceptors (Lipinski definition) is 3. The molecule has 0 aliphatic rings. The molecule has 0 aliphatic carbocycles. The van der Waals surface area contributed by atoms with Crippen LogP contribution in [0.5, 0.6) is 0 Å². The molecular formula is C14H32N2O. The molecule has 0 saturated carbocycles. The summed E-state index contributed by atoms with van der Waals surface area (Å²) in [4.78, 5) is 2.35. The minimum Gasteiger partial charge on any atom is -0.377 e. The lowest BCUT2D eigenvalue weighted by atomic mass is 9.92. The summed E-state index contributed by atoms with van der Waals surface area (Å²) in [5.74, 6) is 0. The van der Waals surface area contributed by atoms with E-state index in [-0.39, 0.29) is 0 Å². The van der Waals surface area contributed by atoms with E-state index in [2.05, 4.69) is 58.8 Å². The van der Waals surface area contributed by atoms with E-state index in [0.29, 0.717) is 17.6 Å². The molecule has 0 aromatic carbocycles. The number of hydrogen-bond donors (Lipinski definition) is 1. The standard InChI is InChI=1S/C14H32N2O/c1-12(2)15-10-14(5,6)11-16(7)8-9-17-13(3)4/h12-13,15H,8-11H2,1-7H3. The fourth-order valence-electron chi connectivity index (χ4n) is 1.79. The molecule has 1 N–H and O–H groups in total. The first-order chi connectivity index (χ1) is 7.73. The van der Waals surface area contributed by atoms with Crippen LogP contribution < -0.4 is 5.32 Å². The first kappa shape index (κ1) is 16.9. The summed E-state index contributed by atoms with van der Waals surface area (Å²) in [5, 5.41) is 3.51. The molecule has 0 saturated heterocycles. The fourth-order valence-corrected chi connectivity index (χ4v) is 1.79. The van der Waals surface area contributed by atoms with Crippen LogP contribution in [0.1, 0.15) is 41.5 Å². The van der Waals surface area contributed by atoms with Crippen LogP contribution in [0, 0.1) is 5.41 Å². The predicted molar refractivity (Wildman–Crippen MR) is 75.5 cm³/mol. The number of rotatable bonds is 9. The molecule has 0 bridgehead atoms. The van der Waals surface area contributed by atoms with Gasteiger partial charge in [0.1, 0.15) is 0 Å². The van der Waals surface area contributed by atoms with Gasteiger partial charge in [-0.15, -0.1) is 0 Å². The topological polar surface area (TPSA) is 24.5 Å². The minimum absolute atomic E-state index is 0.302. The SMILES string of the molecule is CC(C)NCC(C)(C)CN(C)CCOC(C)C. The van der Waals surface area contributed by atoms with Gasteiger partial charge in [-0.05, 0) is 26.3 Å². The summed E-state index contributed by atoms with van der Waals surface area (Å²) in [7, 11) is 2.17. The third-order valence-electron chi connectivity index (χ3n) is 2.61. The molecule has 0 amide bonds. The molecule has 0 heterocycles. The van der Waals surface area contributed by atoms with Crippen molar-refractivity contribution in [1.82, 2.24) is 10.2 Å². The summed E-state index contributed by atoms with van der Waals surface area (Å²) in [5.41, 5.74) is 0.302. The highest BCUT2D eigenvalue weighted by Crippen LogP contribution is 2.15. The summed E-state index contributed by atoms with van der Waals surface area (Å²) >= 11 is 0. The molecule has 17 heavy (non-hydrogen) atoms. The van der Waals surface area contributed by atoms with Gasteiger partial charge in [-0.25, -0.2) is 0 Å². The number of ether oxygens (including phenoxy) is 1. The lowest BCUT2D eigenvalue weighted by Crippen LogP contribution is -2.41. The number of likely N-dealkylation sites (N-methyl/N-ethyl adjacent to an activating group) is 1. The lowest BCUT2D eigenvalue weighted by Gasteiger charge is -2.31. The van der Waals surface area contributed by atoms with Gasteiger partial charge in [-0.1, -0.05) is 27.7 Å². The quantitative estimate of drug-likeness (QED) is 0.674. The van der Waals surface area contributed by atoms with Crippen molar-refractivity contribution >= 4 is 0 Å². The maximum atomic E-state index is 5.57. The Labute approximate surface area is 108 Å². The smallest absolute Gasteiger partial charge is 0.0596 e. The van der Waals surface area contributed by atoms with E-state index >= 15 is 0 Å². The van der Waals surface area contributed by atoms with Crippen LogP contribution in [0.4, 0.5) is 0 Å². The molecule has 0 atom stereocenters. The molecule has 3 nitrogen and oxygen atoms in total. The average Bonchev–Trinajstić information content (AvgIpc) is 2.13. The van der Waals surface area contributed by atoms with E-state index in [9.17, 15) is 0 Å². The van der Waals surface area contributed by atoms with Crippen LogP contribution in [0.2, 0.25) is 0 Å². The van der Waals surface area contributed by atoms with E-state index in [0.717, 1.165) is 26.2 Å². The van der Waals surface area contributed by atoms with E-state index in [1.807, 2.05) is 0 Å². The summed E-state index contributed by atoms with van der Waals surface area (Å²) in [6.45, 7) is 17.1. The average molecular weight is 244 g/mol. The van der Waals surface area contributed by atoms with Crippen LogP contribution in [-0.2, 0) is 4.74 Å². The fraction of sp³-hybridized carbons (Fsp3) is 1.00. The molecule has 0 aromatic rings. The zero-order chi connectivity index (χ0) is 13.5. The van der Waals surface area contributed by atoms with Gasteiger partial charge >= 0.3 is 0 Å². The normalized spacial score (nSPS) is 13.1. The molecule has 3 heteroatoms. The summed E-state index contributed by atoms with van der Waals surface area (Å²) in [6, 6.07) is 0.559. The zero-order valence-electron chi connectivity index (χ0n) is 12.8. The van der Waals surface area contributed by atoms with Gasteiger partial charge in [-0.3, -0.25) is 0 Å². The molecule has 0 aliphatic heterocycles. The Kier molecular flexibility index (Phi) is 8.01. The van der Waals surface area contributed by atoms with Crippen LogP contribution in [-0.4, -0.2) is 50.3 Å². The Balaban J connectivity index is 3.79. The van der Waals surface area contributed by atoms with Gasteiger partial charge in [0, 0.05) is 25.7 Å². The molecular weight excluding hydrogens is 212 g/mol. The van der Waals surface area contributed by atoms with E-state index in [1.165, 1.54) is 0 Å². The van der Waals surface area contributed by atoms with Gasteiger partial charge in [0.2, 0.25) is 0 Å². The zero-order valence-corrected chi connectivity index (χ0v) is 12.8. The Morgan fingerprint density at radius 1 is 1.18 bits per heavy atom. The molecule has 0 spiro atoms. The van der Waals surface area contributed by atoms with E-state index in [1.54, 1.807) is 0 Å². The van der Waals surface area contributed by atoms with Crippen molar-refractivity contribution in [3.8, 4) is 0 Å².